The molecule has 2 aromatic rings. The molecule has 10 heteroatoms. The van der Waals surface area contributed by atoms with Crippen LogP contribution in [0.5, 0.6) is 0 Å². The molecule has 2 aliphatic heterocycles. The van der Waals surface area contributed by atoms with Crippen molar-refractivity contribution in [3.05, 3.63) is 53.0 Å². The van der Waals surface area contributed by atoms with Crippen LogP contribution in [-0.2, 0) is 9.53 Å². The van der Waals surface area contributed by atoms with Gasteiger partial charge in [0.25, 0.3) is 6.01 Å². The van der Waals surface area contributed by atoms with Crippen molar-refractivity contribution < 1.29 is 13.9 Å². The summed E-state index contributed by atoms with van der Waals surface area (Å²) in [6.45, 7) is 7.69. The van der Waals surface area contributed by atoms with Gasteiger partial charge in [0, 0.05) is 43.6 Å². The number of nitrogens with two attached hydrogens (primary N) is 2. The number of fused-ring (bicyclic) bond motifs is 1. The second-order valence-corrected chi connectivity index (χ2v) is 9.42. The van der Waals surface area contributed by atoms with E-state index in [0.29, 0.717) is 75.2 Å². The molecule has 0 spiro atoms. The lowest BCUT2D eigenvalue weighted by Crippen LogP contribution is -2.61. The number of allylic oxidation sites excluding steroid dienone is 3. The van der Waals surface area contributed by atoms with Crippen LogP contribution < -0.4 is 16.5 Å². The number of carbonyl (C=O) groups excluding carboxylic acids is 1. The second-order valence-electron chi connectivity index (χ2n) is 9.42. The predicted molar refractivity (Wildman–Crippen MR) is 128 cm³/mol. The number of piperazine rings is 1. The highest BCUT2D eigenvalue weighted by Gasteiger charge is 2.37. The van der Waals surface area contributed by atoms with E-state index in [2.05, 4.69) is 14.9 Å². The average Bonchev–Trinajstić information content (AvgIpc) is 3.25. The van der Waals surface area contributed by atoms with Gasteiger partial charge in [0.15, 0.2) is 5.58 Å². The van der Waals surface area contributed by atoms with Crippen LogP contribution >= 0.6 is 0 Å². The van der Waals surface area contributed by atoms with Gasteiger partial charge in [-0.25, -0.2) is 10.8 Å². The Kier molecular flexibility index (Phi) is 5.78. The largest absolute Gasteiger partial charge is 0.422 e. The number of nitrogens with zero attached hydrogens (tertiary/aromatic N) is 5. The Bertz CT molecular complexity index is 1190. The number of oxazole rings is 1. The summed E-state index contributed by atoms with van der Waals surface area (Å²) in [5.41, 5.74) is 10.7. The lowest BCUT2D eigenvalue weighted by molar-refractivity contribution is -0.127. The van der Waals surface area contributed by atoms with E-state index in [1.165, 1.54) is 0 Å². The Morgan fingerprint density at radius 3 is 2.47 bits per heavy atom. The van der Waals surface area contributed by atoms with E-state index >= 15 is 0 Å². The number of hydrazine groups is 1. The number of carbonyl (C=O) groups is 1. The maximum atomic E-state index is 13.1. The van der Waals surface area contributed by atoms with E-state index in [1.54, 1.807) is 11.2 Å². The third-order valence-corrected chi connectivity index (χ3v) is 6.74. The third kappa shape index (κ3) is 4.26. The smallest absolute Gasteiger partial charge is 0.300 e. The Balaban J connectivity index is 1.19. The first-order valence-electron chi connectivity index (χ1n) is 11.6. The summed E-state index contributed by atoms with van der Waals surface area (Å²) in [5, 5.41) is 1.63. The normalized spacial score (nSPS) is 20.6. The third-order valence-electron chi connectivity index (χ3n) is 6.74. The SMILES string of the molecule is Cc1ccc2oc(N3CCN(C(=O)C4=CC=C(/C(N)=C/N(N)C5(C)COC5)CC4)CC3)nc2n1. The fourth-order valence-corrected chi connectivity index (χ4v) is 4.33. The van der Waals surface area contributed by atoms with Crippen molar-refractivity contribution in [3.8, 4) is 0 Å². The minimum atomic E-state index is -0.216. The molecule has 0 saturated carbocycles. The number of rotatable bonds is 5. The standard InChI is InChI=1S/C24H31N7O3/c1-16-3-8-20-21(27-16)28-23(34-20)30-11-9-29(10-12-30)22(32)18-6-4-17(5-7-18)19(25)13-31(26)24(2)14-33-15-24/h3-4,6,8,13H,5,7,9-12,14-15,25-26H2,1-2H3/b19-13-. The molecule has 5 rings (SSSR count). The molecule has 10 nitrogen and oxygen atoms in total. The van der Waals surface area contributed by atoms with E-state index < -0.39 is 0 Å². The molecule has 34 heavy (non-hydrogen) atoms. The minimum Gasteiger partial charge on any atom is -0.422 e. The van der Waals surface area contributed by atoms with Crippen molar-refractivity contribution >= 4 is 23.2 Å². The highest BCUT2D eigenvalue weighted by molar-refractivity contribution is 5.94. The highest BCUT2D eigenvalue weighted by atomic mass is 16.5. The molecule has 0 unspecified atom stereocenters. The number of amides is 1. The topological polar surface area (TPSA) is 127 Å². The molecule has 1 aliphatic carbocycles. The van der Waals surface area contributed by atoms with Crippen molar-refractivity contribution in [1.82, 2.24) is 19.9 Å². The zero-order valence-electron chi connectivity index (χ0n) is 19.7. The van der Waals surface area contributed by atoms with Crippen molar-refractivity contribution in [1.29, 1.82) is 0 Å². The molecule has 2 aromatic heterocycles. The van der Waals surface area contributed by atoms with Gasteiger partial charge in [-0.3, -0.25) is 4.79 Å². The minimum absolute atomic E-state index is 0.0759. The van der Waals surface area contributed by atoms with Gasteiger partial charge < -0.3 is 29.7 Å². The zero-order chi connectivity index (χ0) is 23.9. The molecule has 2 fully saturated rings. The van der Waals surface area contributed by atoms with Crippen molar-refractivity contribution in [2.75, 3.05) is 44.3 Å². The summed E-state index contributed by atoms with van der Waals surface area (Å²) in [6, 6.07) is 4.36. The first-order chi connectivity index (χ1) is 16.3. The average molecular weight is 466 g/mol. The molecule has 0 radical (unpaired) electrons. The van der Waals surface area contributed by atoms with Gasteiger partial charge in [-0.2, -0.15) is 4.98 Å². The fourth-order valence-electron chi connectivity index (χ4n) is 4.33. The molecule has 4 heterocycles. The Morgan fingerprint density at radius 1 is 1.12 bits per heavy atom. The Morgan fingerprint density at radius 2 is 1.82 bits per heavy atom. The second kappa shape index (κ2) is 8.77. The molecule has 0 atom stereocenters. The molecule has 1 amide bonds. The monoisotopic (exact) mass is 465 g/mol. The van der Waals surface area contributed by atoms with Crippen LogP contribution in [0, 0.1) is 6.92 Å². The summed E-state index contributed by atoms with van der Waals surface area (Å²) in [6.07, 6.45) is 6.94. The maximum absolute atomic E-state index is 13.1. The van der Waals surface area contributed by atoms with Crippen molar-refractivity contribution in [2.24, 2.45) is 11.6 Å². The number of aromatic nitrogens is 2. The van der Waals surface area contributed by atoms with Gasteiger partial charge >= 0.3 is 0 Å². The molecule has 2 saturated heterocycles. The van der Waals surface area contributed by atoms with E-state index in [0.717, 1.165) is 16.8 Å². The van der Waals surface area contributed by atoms with Crippen LogP contribution in [0.2, 0.25) is 0 Å². The van der Waals surface area contributed by atoms with E-state index in [-0.39, 0.29) is 11.4 Å². The van der Waals surface area contributed by atoms with E-state index in [9.17, 15) is 4.79 Å². The summed E-state index contributed by atoms with van der Waals surface area (Å²) >= 11 is 0. The maximum Gasteiger partial charge on any atom is 0.300 e. The van der Waals surface area contributed by atoms with Gasteiger partial charge in [-0.15, -0.1) is 0 Å². The van der Waals surface area contributed by atoms with Gasteiger partial charge in [0.2, 0.25) is 11.6 Å². The first kappa shape index (κ1) is 22.4. The first-order valence-corrected chi connectivity index (χ1v) is 11.6. The summed E-state index contributed by atoms with van der Waals surface area (Å²) < 4.78 is 11.1. The number of hydrogen-bond donors (Lipinski definition) is 2. The van der Waals surface area contributed by atoms with E-state index in [4.69, 9.17) is 20.7 Å². The number of aryl methyl sites for hydroxylation is 1. The van der Waals surface area contributed by atoms with Gasteiger partial charge in [-0.1, -0.05) is 12.2 Å². The molecular weight excluding hydrogens is 434 g/mol. The molecular formula is C24H31N7O3. The molecule has 180 valence electrons. The predicted octanol–water partition coefficient (Wildman–Crippen LogP) is 1.59. The summed E-state index contributed by atoms with van der Waals surface area (Å²) in [7, 11) is 0. The van der Waals surface area contributed by atoms with Crippen LogP contribution in [0.4, 0.5) is 6.01 Å². The number of ether oxygens (including phenoxy) is 1. The van der Waals surface area contributed by atoms with Crippen LogP contribution in [0.1, 0.15) is 25.5 Å². The summed E-state index contributed by atoms with van der Waals surface area (Å²) in [4.78, 5) is 26.0. The molecule has 4 N–H and O–H groups in total. The van der Waals surface area contributed by atoms with Crippen LogP contribution in [-0.4, -0.2) is 70.7 Å². The molecule has 3 aliphatic rings. The highest BCUT2D eigenvalue weighted by Crippen LogP contribution is 2.27. The number of hydrogen-bond acceptors (Lipinski definition) is 9. The van der Waals surface area contributed by atoms with Crippen molar-refractivity contribution in [2.45, 2.75) is 32.2 Å². The Labute approximate surface area is 198 Å². The Hall–Kier alpha value is -3.37. The lowest BCUT2D eigenvalue weighted by Gasteiger charge is -2.44. The quantitative estimate of drug-likeness (QED) is 0.500. The van der Waals surface area contributed by atoms with Gasteiger partial charge in [0.1, 0.15) is 0 Å². The van der Waals surface area contributed by atoms with Crippen molar-refractivity contribution in [3.63, 3.8) is 0 Å². The van der Waals surface area contributed by atoms with Crippen LogP contribution in [0.3, 0.4) is 0 Å². The van der Waals surface area contributed by atoms with Crippen LogP contribution in [0.25, 0.3) is 11.2 Å². The zero-order valence-corrected chi connectivity index (χ0v) is 19.7. The molecule has 0 bridgehead atoms. The summed E-state index contributed by atoms with van der Waals surface area (Å²) in [5.74, 6) is 6.23. The number of anilines is 1. The number of pyridine rings is 1. The molecule has 0 aromatic carbocycles. The van der Waals surface area contributed by atoms with Gasteiger partial charge in [-0.05, 0) is 44.4 Å². The fraction of sp³-hybridized carbons (Fsp3) is 0.458. The lowest BCUT2D eigenvalue weighted by atomic mass is 9.95. The van der Waals surface area contributed by atoms with Crippen LogP contribution in [0.15, 0.2) is 51.7 Å². The van der Waals surface area contributed by atoms with Gasteiger partial charge in [0.05, 0.1) is 24.4 Å². The van der Waals surface area contributed by atoms with E-state index in [1.807, 2.05) is 43.0 Å².